The molecule has 0 N–H and O–H groups in total. The molecule has 0 aromatic heterocycles. The molecule has 3 heteroatoms. The summed E-state index contributed by atoms with van der Waals surface area (Å²) in [4.78, 5) is 0. The Kier molecular flexibility index (Phi) is 7.14. The molecule has 0 aliphatic rings. The van der Waals surface area contributed by atoms with Gasteiger partial charge < -0.3 is 0 Å². The van der Waals surface area contributed by atoms with Crippen LogP contribution in [0.15, 0.2) is 0 Å². The Morgan fingerprint density at radius 2 is 1.13 bits per heavy atom. The molecular formula is C12H30N3+. The van der Waals surface area contributed by atoms with Crippen LogP contribution in [0.2, 0.25) is 0 Å². The summed E-state index contributed by atoms with van der Waals surface area (Å²) in [7, 11) is 4.58. The number of hydrogen-bond donors (Lipinski definition) is 0. The van der Waals surface area contributed by atoms with Crippen LogP contribution in [0.1, 0.15) is 40.5 Å². The summed E-state index contributed by atoms with van der Waals surface area (Å²) >= 11 is 0. The minimum Gasteiger partial charge on any atom is -0.171 e. The second-order valence-corrected chi connectivity index (χ2v) is 4.43. The second kappa shape index (κ2) is 7.20. The fourth-order valence-corrected chi connectivity index (χ4v) is 2.21. The normalized spacial score (nSPS) is 12.8. The summed E-state index contributed by atoms with van der Waals surface area (Å²) in [6.45, 7) is 13.5. The van der Waals surface area contributed by atoms with E-state index in [-0.39, 0.29) is 0 Å². The van der Waals surface area contributed by atoms with Crippen molar-refractivity contribution in [3.05, 3.63) is 0 Å². The first-order valence-electron chi connectivity index (χ1n) is 6.39. The van der Waals surface area contributed by atoms with Crippen molar-refractivity contribution in [3.8, 4) is 0 Å². The standard InChI is InChI=1S/C12H30N3/c1-7-11-14(12-8-2)15(5,6)13(9-3)10-4/h7-12H2,1-6H3/q+1. The lowest BCUT2D eigenvalue weighted by Gasteiger charge is -2.45. The van der Waals surface area contributed by atoms with Crippen molar-refractivity contribution >= 4 is 0 Å². The van der Waals surface area contributed by atoms with E-state index in [1.807, 2.05) is 0 Å². The molecule has 0 heterocycles. The quantitative estimate of drug-likeness (QED) is 0.454. The van der Waals surface area contributed by atoms with Crippen molar-refractivity contribution in [1.29, 1.82) is 0 Å². The summed E-state index contributed by atoms with van der Waals surface area (Å²) in [5, 5.41) is 5.03. The molecule has 0 bridgehead atoms. The Bertz CT molecular complexity index is 147. The van der Waals surface area contributed by atoms with Crippen LogP contribution >= 0.6 is 0 Å². The molecule has 0 rings (SSSR count). The van der Waals surface area contributed by atoms with Crippen LogP contribution in [-0.2, 0) is 0 Å². The van der Waals surface area contributed by atoms with Crippen molar-refractivity contribution in [1.82, 2.24) is 10.0 Å². The maximum Gasteiger partial charge on any atom is 0.105 e. The predicted molar refractivity (Wildman–Crippen MR) is 67.2 cm³/mol. The minimum absolute atomic E-state index is 0.898. The average Bonchev–Trinajstić information content (AvgIpc) is 2.19. The fourth-order valence-electron chi connectivity index (χ4n) is 2.21. The van der Waals surface area contributed by atoms with E-state index in [0.717, 1.165) is 17.8 Å². The van der Waals surface area contributed by atoms with Crippen LogP contribution in [0.25, 0.3) is 0 Å². The molecule has 0 atom stereocenters. The van der Waals surface area contributed by atoms with Gasteiger partial charge in [-0.05, 0) is 26.7 Å². The highest BCUT2D eigenvalue weighted by molar-refractivity contribution is 4.44. The van der Waals surface area contributed by atoms with Crippen molar-refractivity contribution in [2.24, 2.45) is 0 Å². The predicted octanol–water partition coefficient (Wildman–Crippen LogP) is 2.36. The maximum absolute atomic E-state index is 2.55. The van der Waals surface area contributed by atoms with Crippen molar-refractivity contribution in [2.45, 2.75) is 40.5 Å². The second-order valence-electron chi connectivity index (χ2n) is 4.43. The van der Waals surface area contributed by atoms with Gasteiger partial charge in [-0.2, -0.15) is 4.70 Å². The molecule has 0 saturated heterocycles. The smallest absolute Gasteiger partial charge is 0.105 e. The van der Waals surface area contributed by atoms with Gasteiger partial charge in [0.2, 0.25) is 0 Å². The Labute approximate surface area is 96.2 Å². The monoisotopic (exact) mass is 216 g/mol. The Morgan fingerprint density at radius 3 is 1.40 bits per heavy atom. The average molecular weight is 216 g/mol. The number of hydrogen-bond acceptors (Lipinski definition) is 2. The summed E-state index contributed by atoms with van der Waals surface area (Å²) < 4.78 is 0.898. The van der Waals surface area contributed by atoms with E-state index in [1.54, 1.807) is 0 Å². The van der Waals surface area contributed by atoms with Gasteiger partial charge >= 0.3 is 0 Å². The van der Waals surface area contributed by atoms with Crippen molar-refractivity contribution in [3.63, 3.8) is 0 Å². The first-order valence-corrected chi connectivity index (χ1v) is 6.39. The maximum atomic E-state index is 2.55. The summed E-state index contributed by atoms with van der Waals surface area (Å²) in [5.41, 5.74) is 0. The van der Waals surface area contributed by atoms with Crippen LogP contribution < -0.4 is 0 Å². The van der Waals surface area contributed by atoms with E-state index >= 15 is 0 Å². The SMILES string of the molecule is CCCN(CCC)[N+](C)(C)N(CC)CC. The third-order valence-corrected chi connectivity index (χ3v) is 3.08. The summed E-state index contributed by atoms with van der Waals surface area (Å²) in [5.74, 6) is 0. The van der Waals surface area contributed by atoms with Crippen LogP contribution in [0.3, 0.4) is 0 Å². The number of nitrogens with zero attached hydrogens (tertiary/aromatic N) is 3. The van der Waals surface area contributed by atoms with Gasteiger partial charge in [-0.15, -0.1) is 10.0 Å². The van der Waals surface area contributed by atoms with E-state index in [9.17, 15) is 0 Å². The molecule has 0 radical (unpaired) electrons. The third-order valence-electron chi connectivity index (χ3n) is 3.08. The van der Waals surface area contributed by atoms with Gasteiger partial charge in [0, 0.05) is 26.2 Å². The van der Waals surface area contributed by atoms with Crippen molar-refractivity contribution < 1.29 is 4.70 Å². The first-order chi connectivity index (χ1) is 7.04. The molecular weight excluding hydrogens is 186 g/mol. The zero-order chi connectivity index (χ0) is 11.9. The molecule has 0 aromatic carbocycles. The molecule has 0 amide bonds. The van der Waals surface area contributed by atoms with Gasteiger partial charge in [-0.1, -0.05) is 13.8 Å². The lowest BCUT2D eigenvalue weighted by atomic mass is 10.4. The van der Waals surface area contributed by atoms with Crippen LogP contribution in [0.4, 0.5) is 0 Å². The lowest BCUT2D eigenvalue weighted by Crippen LogP contribution is -2.64. The van der Waals surface area contributed by atoms with E-state index in [1.165, 1.54) is 25.9 Å². The zero-order valence-electron chi connectivity index (χ0n) is 11.6. The molecule has 0 aliphatic heterocycles. The van der Waals surface area contributed by atoms with E-state index in [2.05, 4.69) is 51.8 Å². The fraction of sp³-hybridized carbons (Fsp3) is 1.00. The summed E-state index contributed by atoms with van der Waals surface area (Å²) in [6, 6.07) is 0. The van der Waals surface area contributed by atoms with Gasteiger partial charge in [-0.25, -0.2) is 0 Å². The van der Waals surface area contributed by atoms with Crippen LogP contribution in [-0.4, -0.2) is 55.0 Å². The lowest BCUT2D eigenvalue weighted by molar-refractivity contribution is -1.10. The summed E-state index contributed by atoms with van der Waals surface area (Å²) in [6.07, 6.45) is 2.45. The van der Waals surface area contributed by atoms with E-state index in [4.69, 9.17) is 0 Å². The molecule has 3 nitrogen and oxygen atoms in total. The van der Waals surface area contributed by atoms with Gasteiger partial charge in [0.1, 0.15) is 14.1 Å². The molecule has 92 valence electrons. The minimum atomic E-state index is 0.898. The number of quaternary nitrogens is 1. The molecule has 0 aromatic rings. The van der Waals surface area contributed by atoms with Crippen LogP contribution in [0.5, 0.6) is 0 Å². The molecule has 15 heavy (non-hydrogen) atoms. The zero-order valence-corrected chi connectivity index (χ0v) is 11.6. The largest absolute Gasteiger partial charge is 0.171 e. The Morgan fingerprint density at radius 1 is 0.733 bits per heavy atom. The molecule has 0 fully saturated rings. The molecule has 0 saturated carbocycles. The van der Waals surface area contributed by atoms with Crippen molar-refractivity contribution in [2.75, 3.05) is 40.3 Å². The number of rotatable bonds is 8. The van der Waals surface area contributed by atoms with Gasteiger partial charge in [-0.3, -0.25) is 0 Å². The Hall–Kier alpha value is -0.120. The Balaban J connectivity index is 4.58. The molecule has 0 aliphatic carbocycles. The van der Waals surface area contributed by atoms with Gasteiger partial charge in [0.05, 0.1) is 0 Å². The molecule has 0 unspecified atom stereocenters. The van der Waals surface area contributed by atoms with Crippen LogP contribution in [0, 0.1) is 0 Å². The topological polar surface area (TPSA) is 6.48 Å². The van der Waals surface area contributed by atoms with Gasteiger partial charge in [0.25, 0.3) is 0 Å². The van der Waals surface area contributed by atoms with E-state index < -0.39 is 0 Å². The highest BCUT2D eigenvalue weighted by Crippen LogP contribution is 2.12. The molecule has 0 spiro atoms. The van der Waals surface area contributed by atoms with Gasteiger partial charge in [0.15, 0.2) is 0 Å². The highest BCUT2D eigenvalue weighted by atomic mass is 16.0. The van der Waals surface area contributed by atoms with E-state index in [0.29, 0.717) is 0 Å². The first kappa shape index (κ1) is 14.9. The third kappa shape index (κ3) is 4.09. The highest BCUT2D eigenvalue weighted by Gasteiger charge is 2.30.